The number of benzene rings is 2. The van der Waals surface area contributed by atoms with E-state index in [1.807, 2.05) is 43.4 Å². The van der Waals surface area contributed by atoms with Gasteiger partial charge in [-0.05, 0) is 49.2 Å². The van der Waals surface area contributed by atoms with Gasteiger partial charge in [0.1, 0.15) is 5.52 Å². The first-order chi connectivity index (χ1) is 11.3. The molecule has 2 atom stereocenters. The van der Waals surface area contributed by atoms with Crippen LogP contribution in [0.25, 0.3) is 22.6 Å². The Balaban J connectivity index is 1.39. The van der Waals surface area contributed by atoms with Crippen LogP contribution in [-0.2, 0) is 11.3 Å². The summed E-state index contributed by atoms with van der Waals surface area (Å²) in [5, 5.41) is 3.28. The largest absolute Gasteiger partial charge is 0.436 e. The number of para-hydroxylation sites is 2. The van der Waals surface area contributed by atoms with E-state index in [9.17, 15) is 0 Å². The summed E-state index contributed by atoms with van der Waals surface area (Å²) in [6, 6.07) is 16.7. The highest BCUT2D eigenvalue weighted by Gasteiger charge is 2.35. The monoisotopic (exact) mass is 308 g/mol. The van der Waals surface area contributed by atoms with Gasteiger partial charge in [-0.1, -0.05) is 24.3 Å². The number of nitrogens with zero attached hydrogens (tertiary/aromatic N) is 1. The summed E-state index contributed by atoms with van der Waals surface area (Å²) >= 11 is 0. The van der Waals surface area contributed by atoms with Gasteiger partial charge in [-0.3, -0.25) is 0 Å². The number of ether oxygens (including phenoxy) is 1. The van der Waals surface area contributed by atoms with Crippen LogP contribution in [-0.4, -0.2) is 24.7 Å². The molecule has 1 aliphatic rings. The predicted octanol–water partition coefficient (Wildman–Crippen LogP) is 3.62. The summed E-state index contributed by atoms with van der Waals surface area (Å²) in [7, 11) is 2.01. The molecule has 0 saturated heterocycles. The van der Waals surface area contributed by atoms with Crippen LogP contribution in [0.15, 0.2) is 52.9 Å². The first-order valence-corrected chi connectivity index (χ1v) is 8.03. The van der Waals surface area contributed by atoms with E-state index in [1.54, 1.807) is 0 Å². The van der Waals surface area contributed by atoms with E-state index in [-0.39, 0.29) is 0 Å². The molecule has 23 heavy (non-hydrogen) atoms. The van der Waals surface area contributed by atoms with Gasteiger partial charge in [0.2, 0.25) is 5.89 Å². The Kier molecular flexibility index (Phi) is 3.85. The lowest BCUT2D eigenvalue weighted by molar-refractivity contribution is 0.109. The van der Waals surface area contributed by atoms with E-state index in [4.69, 9.17) is 9.15 Å². The lowest BCUT2D eigenvalue weighted by atomic mass is 10.1. The van der Waals surface area contributed by atoms with Crippen molar-refractivity contribution in [3.8, 4) is 11.5 Å². The molecule has 4 rings (SSSR count). The van der Waals surface area contributed by atoms with Crippen LogP contribution in [0, 0.1) is 5.92 Å². The molecule has 0 unspecified atom stereocenters. The van der Waals surface area contributed by atoms with E-state index in [2.05, 4.69) is 22.4 Å². The third kappa shape index (κ3) is 3.14. The van der Waals surface area contributed by atoms with Gasteiger partial charge in [-0.2, -0.15) is 0 Å². The minimum atomic E-state index is 0.650. The number of nitrogens with one attached hydrogen (secondary N) is 1. The van der Waals surface area contributed by atoms with Gasteiger partial charge in [-0.15, -0.1) is 0 Å². The number of hydrogen-bond donors (Lipinski definition) is 1. The fourth-order valence-electron chi connectivity index (χ4n) is 2.85. The molecule has 3 aromatic rings. The molecule has 1 N–H and O–H groups in total. The lowest BCUT2D eigenvalue weighted by Crippen LogP contribution is -2.13. The van der Waals surface area contributed by atoms with Gasteiger partial charge in [-0.25, -0.2) is 4.98 Å². The van der Waals surface area contributed by atoms with Crippen LogP contribution in [0.2, 0.25) is 0 Å². The molecular formula is C19H20N2O2. The Morgan fingerprint density at radius 1 is 1.17 bits per heavy atom. The topological polar surface area (TPSA) is 47.3 Å². The zero-order valence-electron chi connectivity index (χ0n) is 13.2. The van der Waals surface area contributed by atoms with Crippen molar-refractivity contribution in [2.24, 2.45) is 5.92 Å². The second-order valence-electron chi connectivity index (χ2n) is 6.09. The smallest absolute Gasteiger partial charge is 0.227 e. The summed E-state index contributed by atoms with van der Waals surface area (Å²) in [5.41, 5.74) is 3.87. The standard InChI is InChI=1S/C19H20N2O2/c1-20-17-10-15(17)12-22-11-13-6-8-14(9-7-13)19-21-16-4-2-3-5-18(16)23-19/h2-9,15,17,20H,10-12H2,1H3/t15-,17+/m0/s1. The van der Waals surface area contributed by atoms with Crippen molar-refractivity contribution in [1.82, 2.24) is 10.3 Å². The molecule has 0 radical (unpaired) electrons. The van der Waals surface area contributed by atoms with Crippen LogP contribution in [0.3, 0.4) is 0 Å². The quantitative estimate of drug-likeness (QED) is 0.755. The van der Waals surface area contributed by atoms with Gasteiger partial charge in [0.05, 0.1) is 13.2 Å². The van der Waals surface area contributed by atoms with Crippen LogP contribution < -0.4 is 5.32 Å². The molecule has 1 heterocycles. The average molecular weight is 308 g/mol. The fourth-order valence-corrected chi connectivity index (χ4v) is 2.85. The first kappa shape index (κ1) is 14.4. The van der Waals surface area contributed by atoms with Gasteiger partial charge in [0, 0.05) is 11.6 Å². The molecule has 1 aromatic heterocycles. The summed E-state index contributed by atoms with van der Waals surface area (Å²) < 4.78 is 11.6. The Labute approximate surface area is 135 Å². The molecule has 4 heteroatoms. The highest BCUT2D eigenvalue weighted by Crippen LogP contribution is 2.30. The average Bonchev–Trinajstić information content (AvgIpc) is 3.21. The van der Waals surface area contributed by atoms with E-state index < -0.39 is 0 Å². The first-order valence-electron chi connectivity index (χ1n) is 8.03. The molecular weight excluding hydrogens is 288 g/mol. The predicted molar refractivity (Wildman–Crippen MR) is 90.1 cm³/mol. The Hall–Kier alpha value is -2.17. The third-order valence-electron chi connectivity index (χ3n) is 4.39. The van der Waals surface area contributed by atoms with Crippen LogP contribution in [0.4, 0.5) is 0 Å². The van der Waals surface area contributed by atoms with E-state index in [0.29, 0.717) is 24.5 Å². The van der Waals surface area contributed by atoms with Crippen LogP contribution in [0.5, 0.6) is 0 Å². The van der Waals surface area contributed by atoms with Crippen molar-refractivity contribution >= 4 is 11.1 Å². The molecule has 2 aromatic carbocycles. The fraction of sp³-hybridized carbons (Fsp3) is 0.316. The molecule has 1 aliphatic carbocycles. The maximum atomic E-state index is 5.79. The van der Waals surface area contributed by atoms with Crippen molar-refractivity contribution < 1.29 is 9.15 Å². The van der Waals surface area contributed by atoms with Gasteiger partial charge in [0.15, 0.2) is 5.58 Å². The zero-order valence-corrected chi connectivity index (χ0v) is 13.2. The van der Waals surface area contributed by atoms with Gasteiger partial charge < -0.3 is 14.5 Å². The van der Waals surface area contributed by atoms with Crippen molar-refractivity contribution in [3.63, 3.8) is 0 Å². The summed E-state index contributed by atoms with van der Waals surface area (Å²) in [6.45, 7) is 1.49. The molecule has 4 nitrogen and oxygen atoms in total. The molecule has 1 saturated carbocycles. The molecule has 1 fully saturated rings. The highest BCUT2D eigenvalue weighted by atomic mass is 16.5. The second kappa shape index (κ2) is 6.14. The SMILES string of the molecule is CN[C@@H]1C[C@H]1COCc1ccc(-c2nc3ccccc3o2)cc1. The van der Waals surface area contributed by atoms with Crippen molar-refractivity contribution in [2.75, 3.05) is 13.7 Å². The zero-order chi connectivity index (χ0) is 15.6. The minimum absolute atomic E-state index is 0.650. The summed E-state index contributed by atoms with van der Waals surface area (Å²) in [6.07, 6.45) is 1.23. The van der Waals surface area contributed by atoms with Crippen LogP contribution >= 0.6 is 0 Å². The van der Waals surface area contributed by atoms with E-state index in [0.717, 1.165) is 23.3 Å². The molecule has 118 valence electrons. The third-order valence-corrected chi connectivity index (χ3v) is 4.39. The second-order valence-corrected chi connectivity index (χ2v) is 6.09. The van der Waals surface area contributed by atoms with Crippen LogP contribution in [0.1, 0.15) is 12.0 Å². The van der Waals surface area contributed by atoms with Crippen molar-refractivity contribution in [3.05, 3.63) is 54.1 Å². The van der Waals surface area contributed by atoms with Gasteiger partial charge in [0.25, 0.3) is 0 Å². The number of aromatic nitrogens is 1. The summed E-state index contributed by atoms with van der Waals surface area (Å²) in [4.78, 5) is 4.52. The Morgan fingerprint density at radius 3 is 2.74 bits per heavy atom. The highest BCUT2D eigenvalue weighted by molar-refractivity contribution is 5.75. The molecule has 0 aliphatic heterocycles. The summed E-state index contributed by atoms with van der Waals surface area (Å²) in [5.74, 6) is 1.34. The normalized spacial score (nSPS) is 20.0. The lowest BCUT2D eigenvalue weighted by Gasteiger charge is -2.04. The van der Waals surface area contributed by atoms with Gasteiger partial charge >= 0.3 is 0 Å². The number of oxazole rings is 1. The molecule has 0 amide bonds. The Bertz CT molecular complexity index is 761. The Morgan fingerprint density at radius 2 is 2.00 bits per heavy atom. The molecule has 0 bridgehead atoms. The van der Waals surface area contributed by atoms with Crippen molar-refractivity contribution in [2.45, 2.75) is 19.1 Å². The van der Waals surface area contributed by atoms with E-state index >= 15 is 0 Å². The van der Waals surface area contributed by atoms with E-state index in [1.165, 1.54) is 12.0 Å². The van der Waals surface area contributed by atoms with Crippen molar-refractivity contribution in [1.29, 1.82) is 0 Å². The number of rotatable bonds is 6. The minimum Gasteiger partial charge on any atom is -0.436 e. The maximum absolute atomic E-state index is 5.79. The maximum Gasteiger partial charge on any atom is 0.227 e. The molecule has 0 spiro atoms. The number of hydrogen-bond acceptors (Lipinski definition) is 4. The number of fused-ring (bicyclic) bond motifs is 1.